The van der Waals surface area contributed by atoms with Crippen LogP contribution in [0.15, 0.2) is 0 Å². The van der Waals surface area contributed by atoms with Crippen molar-refractivity contribution in [2.24, 2.45) is 5.92 Å². The molecule has 0 aromatic carbocycles. The van der Waals surface area contributed by atoms with E-state index in [1.807, 2.05) is 0 Å². The van der Waals surface area contributed by atoms with Crippen molar-refractivity contribution in [2.45, 2.75) is 76.1 Å². The van der Waals surface area contributed by atoms with Crippen molar-refractivity contribution in [2.75, 3.05) is 25.9 Å². The Morgan fingerprint density at radius 2 is 1.90 bits per heavy atom. The van der Waals surface area contributed by atoms with E-state index >= 15 is 0 Å². The second-order valence-electron chi connectivity index (χ2n) is 7.13. The maximum Gasteiger partial charge on any atom is 0.0309 e. The Balaban J connectivity index is 2.08. The molecule has 2 unspecified atom stereocenters. The van der Waals surface area contributed by atoms with Crippen LogP contribution in [0.3, 0.4) is 0 Å². The third kappa shape index (κ3) is 3.36. The molecule has 0 radical (unpaired) electrons. The molecule has 2 fully saturated rings. The molecular weight excluding hydrogens is 264 g/mol. The van der Waals surface area contributed by atoms with Gasteiger partial charge in [0.15, 0.2) is 0 Å². The lowest BCUT2D eigenvalue weighted by atomic mass is 9.89. The molecule has 0 bridgehead atoms. The van der Waals surface area contributed by atoms with Gasteiger partial charge in [0.05, 0.1) is 0 Å². The Labute approximate surface area is 130 Å². The summed E-state index contributed by atoms with van der Waals surface area (Å²) in [6, 6.07) is 0.728. The van der Waals surface area contributed by atoms with Gasteiger partial charge in [0.25, 0.3) is 0 Å². The van der Waals surface area contributed by atoms with Gasteiger partial charge in [-0.2, -0.15) is 11.8 Å². The van der Waals surface area contributed by atoms with Crippen LogP contribution in [0.2, 0.25) is 0 Å². The summed E-state index contributed by atoms with van der Waals surface area (Å²) < 4.78 is 0.454. The molecule has 2 aliphatic rings. The fourth-order valence-electron chi connectivity index (χ4n) is 3.87. The second-order valence-corrected chi connectivity index (χ2v) is 8.41. The van der Waals surface area contributed by atoms with E-state index in [1.165, 1.54) is 51.7 Å². The van der Waals surface area contributed by atoms with Gasteiger partial charge in [-0.15, -0.1) is 0 Å². The van der Waals surface area contributed by atoms with Gasteiger partial charge in [-0.1, -0.05) is 20.8 Å². The van der Waals surface area contributed by atoms with E-state index in [1.54, 1.807) is 0 Å². The van der Waals surface area contributed by atoms with Crippen molar-refractivity contribution in [3.8, 4) is 0 Å². The van der Waals surface area contributed by atoms with Gasteiger partial charge < -0.3 is 5.32 Å². The number of thioether (sulfide) groups is 1. The topological polar surface area (TPSA) is 15.3 Å². The van der Waals surface area contributed by atoms with Crippen molar-refractivity contribution in [3.63, 3.8) is 0 Å². The molecule has 1 aliphatic carbocycles. The minimum Gasteiger partial charge on any atom is -0.308 e. The molecule has 2 nitrogen and oxygen atoms in total. The number of hydrogen-bond acceptors (Lipinski definition) is 3. The number of piperazine rings is 1. The average Bonchev–Trinajstić information content (AvgIpc) is 3.30. The standard InChI is InChI=1S/C17H34N2S/c1-6-15-11-18-16(4,14-9-10-14)12-19(15)13-17(7-2,8-3)20-5/h14-15,18H,6-13H2,1-5H3. The third-order valence-corrected chi connectivity index (χ3v) is 7.52. The van der Waals surface area contributed by atoms with Crippen molar-refractivity contribution >= 4 is 11.8 Å². The Morgan fingerprint density at radius 3 is 2.35 bits per heavy atom. The van der Waals surface area contributed by atoms with Gasteiger partial charge in [-0.05, 0) is 51.2 Å². The van der Waals surface area contributed by atoms with E-state index in [9.17, 15) is 0 Å². The molecule has 0 aromatic rings. The summed E-state index contributed by atoms with van der Waals surface area (Å²) in [4.78, 5) is 2.82. The van der Waals surface area contributed by atoms with E-state index < -0.39 is 0 Å². The van der Waals surface area contributed by atoms with Crippen molar-refractivity contribution in [1.82, 2.24) is 10.2 Å². The van der Waals surface area contributed by atoms with Crippen LogP contribution in [0.25, 0.3) is 0 Å². The monoisotopic (exact) mass is 298 g/mol. The van der Waals surface area contributed by atoms with E-state index in [0.717, 1.165) is 12.0 Å². The zero-order valence-electron chi connectivity index (χ0n) is 14.2. The SMILES string of the molecule is CCC1CNC(C)(C2CC2)CN1CC(CC)(CC)SC. The number of nitrogens with zero attached hydrogens (tertiary/aromatic N) is 1. The largest absolute Gasteiger partial charge is 0.308 e. The molecule has 20 heavy (non-hydrogen) atoms. The molecule has 118 valence electrons. The molecule has 3 heteroatoms. The highest BCUT2D eigenvalue weighted by molar-refractivity contribution is 8.00. The van der Waals surface area contributed by atoms with Crippen LogP contribution in [-0.4, -0.2) is 47.1 Å². The maximum absolute atomic E-state index is 3.88. The van der Waals surface area contributed by atoms with E-state index in [-0.39, 0.29) is 0 Å². The highest BCUT2D eigenvalue weighted by atomic mass is 32.2. The first-order valence-corrected chi connectivity index (χ1v) is 9.79. The van der Waals surface area contributed by atoms with E-state index in [0.29, 0.717) is 10.3 Å². The van der Waals surface area contributed by atoms with Crippen molar-refractivity contribution in [1.29, 1.82) is 0 Å². The predicted octanol–water partition coefficient (Wildman–Crippen LogP) is 3.76. The van der Waals surface area contributed by atoms with Crippen LogP contribution in [0.1, 0.15) is 59.8 Å². The summed E-state index contributed by atoms with van der Waals surface area (Å²) in [5.74, 6) is 0.926. The summed E-state index contributed by atoms with van der Waals surface area (Å²) in [6.07, 6.45) is 9.00. The molecular formula is C17H34N2S. The van der Waals surface area contributed by atoms with Crippen LogP contribution in [0, 0.1) is 5.92 Å². The number of hydrogen-bond donors (Lipinski definition) is 1. The lowest BCUT2D eigenvalue weighted by Gasteiger charge is -2.49. The van der Waals surface area contributed by atoms with Crippen molar-refractivity contribution < 1.29 is 0 Å². The highest BCUT2D eigenvalue weighted by Gasteiger charge is 2.46. The molecule has 1 N–H and O–H groups in total. The lowest BCUT2D eigenvalue weighted by molar-refractivity contribution is 0.0632. The van der Waals surface area contributed by atoms with E-state index in [4.69, 9.17) is 0 Å². The van der Waals surface area contributed by atoms with Crippen LogP contribution in [-0.2, 0) is 0 Å². The van der Waals surface area contributed by atoms with Gasteiger partial charge in [-0.3, -0.25) is 4.90 Å². The first-order valence-electron chi connectivity index (χ1n) is 8.56. The fourth-order valence-corrected chi connectivity index (χ4v) is 4.74. The van der Waals surface area contributed by atoms with Crippen LogP contribution < -0.4 is 5.32 Å². The van der Waals surface area contributed by atoms with Gasteiger partial charge >= 0.3 is 0 Å². The minimum atomic E-state index is 0.372. The summed E-state index contributed by atoms with van der Waals surface area (Å²) in [5, 5.41) is 3.88. The van der Waals surface area contributed by atoms with Gasteiger partial charge in [0.2, 0.25) is 0 Å². The Hall–Kier alpha value is 0.270. The second kappa shape index (κ2) is 6.58. The molecule has 0 amide bonds. The van der Waals surface area contributed by atoms with Gasteiger partial charge in [0.1, 0.15) is 0 Å². The minimum absolute atomic E-state index is 0.372. The molecule has 1 heterocycles. The molecule has 1 saturated carbocycles. The summed E-state index contributed by atoms with van der Waals surface area (Å²) in [6.45, 7) is 13.2. The summed E-state index contributed by atoms with van der Waals surface area (Å²) >= 11 is 2.09. The van der Waals surface area contributed by atoms with Crippen LogP contribution >= 0.6 is 11.8 Å². The molecule has 2 rings (SSSR count). The van der Waals surface area contributed by atoms with Gasteiger partial charge in [0, 0.05) is 36.0 Å². The van der Waals surface area contributed by atoms with E-state index in [2.05, 4.69) is 55.9 Å². The van der Waals surface area contributed by atoms with Crippen LogP contribution in [0.4, 0.5) is 0 Å². The Bertz CT molecular complexity index is 304. The zero-order valence-corrected chi connectivity index (χ0v) is 15.0. The molecule has 1 aliphatic heterocycles. The number of nitrogens with one attached hydrogen (secondary N) is 1. The fraction of sp³-hybridized carbons (Fsp3) is 1.00. The smallest absolute Gasteiger partial charge is 0.0309 e. The third-order valence-electron chi connectivity index (χ3n) is 5.95. The zero-order chi connectivity index (χ0) is 14.8. The quantitative estimate of drug-likeness (QED) is 0.770. The Morgan fingerprint density at radius 1 is 1.25 bits per heavy atom. The lowest BCUT2D eigenvalue weighted by Crippen LogP contribution is -2.65. The molecule has 1 saturated heterocycles. The van der Waals surface area contributed by atoms with Crippen molar-refractivity contribution in [3.05, 3.63) is 0 Å². The molecule has 0 aromatic heterocycles. The average molecular weight is 299 g/mol. The predicted molar refractivity (Wildman–Crippen MR) is 91.6 cm³/mol. The molecule has 0 spiro atoms. The summed E-state index contributed by atoms with van der Waals surface area (Å²) in [7, 11) is 0. The highest BCUT2D eigenvalue weighted by Crippen LogP contribution is 2.42. The Kier molecular flexibility index (Phi) is 5.47. The number of rotatable bonds is 7. The van der Waals surface area contributed by atoms with Crippen LogP contribution in [0.5, 0.6) is 0 Å². The summed E-state index contributed by atoms with van der Waals surface area (Å²) in [5.41, 5.74) is 0.372. The van der Waals surface area contributed by atoms with Gasteiger partial charge in [-0.25, -0.2) is 0 Å². The first-order chi connectivity index (χ1) is 9.52. The maximum atomic E-state index is 3.88. The first kappa shape index (κ1) is 16.6. The molecule has 2 atom stereocenters. The normalized spacial score (nSPS) is 32.5.